The van der Waals surface area contributed by atoms with Crippen LogP contribution >= 0.6 is 23.2 Å². The summed E-state index contributed by atoms with van der Waals surface area (Å²) in [6, 6.07) is 17.1. The lowest BCUT2D eigenvalue weighted by atomic mass is 9.90. The summed E-state index contributed by atoms with van der Waals surface area (Å²) < 4.78 is 48.3. The number of anilines is 1. The average molecular weight is 593 g/mol. The SMILES string of the molecule is O=C(O)C[C@H]1O[C@H](c2cccc(Cl)c2)[C@@H](c2ccc(Cl)cc2)N([C@@H]2CN(c3ccccc3F)S(=O)(=O)C2)C1=O. The van der Waals surface area contributed by atoms with Gasteiger partial charge in [-0.1, -0.05) is 59.6 Å². The number of nitrogens with zero attached hydrogens (tertiary/aromatic N) is 2. The second-order valence-electron chi connectivity index (χ2n) is 9.35. The van der Waals surface area contributed by atoms with Gasteiger partial charge in [0.1, 0.15) is 18.0 Å². The molecule has 3 aromatic rings. The maximum absolute atomic E-state index is 14.6. The summed E-state index contributed by atoms with van der Waals surface area (Å²) in [4.78, 5) is 26.9. The van der Waals surface area contributed by atoms with Gasteiger partial charge >= 0.3 is 5.97 Å². The fourth-order valence-electron chi connectivity index (χ4n) is 5.16. The highest BCUT2D eigenvalue weighted by molar-refractivity contribution is 7.93. The van der Waals surface area contributed by atoms with Crippen molar-refractivity contribution in [3.05, 3.63) is 99.8 Å². The first-order valence-electron chi connectivity index (χ1n) is 12.0. The highest BCUT2D eigenvalue weighted by atomic mass is 35.5. The standard InChI is InChI=1S/C27H23Cl2FN2O6S/c28-18-10-8-16(9-11-18)25-26(17-4-3-5-19(29)12-17)38-23(13-24(33)34)27(35)32(25)20-14-31(39(36,37)15-20)22-7-2-1-6-21(22)30/h1-12,20,23,25-26H,13-15H2,(H,33,34)/t20-,23-,25-,26-/m1/s1. The van der Waals surface area contributed by atoms with Crippen molar-refractivity contribution in [3.63, 3.8) is 0 Å². The summed E-state index contributed by atoms with van der Waals surface area (Å²) in [5.41, 5.74) is 1.03. The molecule has 3 aromatic carbocycles. The van der Waals surface area contributed by atoms with Gasteiger partial charge in [-0.3, -0.25) is 13.9 Å². The van der Waals surface area contributed by atoms with E-state index in [1.54, 1.807) is 48.5 Å². The number of amides is 1. The van der Waals surface area contributed by atoms with Gasteiger partial charge in [-0.15, -0.1) is 0 Å². The van der Waals surface area contributed by atoms with E-state index in [0.29, 0.717) is 21.2 Å². The summed E-state index contributed by atoms with van der Waals surface area (Å²) in [7, 11) is -4.03. The third-order valence-electron chi connectivity index (χ3n) is 6.81. The Bertz CT molecular complexity index is 1520. The van der Waals surface area contributed by atoms with E-state index >= 15 is 0 Å². The van der Waals surface area contributed by atoms with E-state index in [2.05, 4.69) is 0 Å². The molecule has 0 unspecified atom stereocenters. The van der Waals surface area contributed by atoms with Crippen LogP contribution in [0.25, 0.3) is 0 Å². The van der Waals surface area contributed by atoms with Crippen molar-refractivity contribution in [1.82, 2.24) is 4.90 Å². The Morgan fingerprint density at radius 2 is 1.72 bits per heavy atom. The van der Waals surface area contributed by atoms with Gasteiger partial charge in [0, 0.05) is 10.0 Å². The smallest absolute Gasteiger partial charge is 0.306 e. The van der Waals surface area contributed by atoms with Gasteiger partial charge in [0.15, 0.2) is 0 Å². The summed E-state index contributed by atoms with van der Waals surface area (Å²) in [6.45, 7) is -0.221. The van der Waals surface area contributed by atoms with Crippen molar-refractivity contribution < 1.29 is 32.2 Å². The number of hydrogen-bond donors (Lipinski definition) is 1. The first-order chi connectivity index (χ1) is 18.5. The molecule has 8 nitrogen and oxygen atoms in total. The first-order valence-corrected chi connectivity index (χ1v) is 14.4. The van der Waals surface area contributed by atoms with Gasteiger partial charge in [-0.2, -0.15) is 0 Å². The van der Waals surface area contributed by atoms with Gasteiger partial charge in [0.05, 0.1) is 36.5 Å². The Hall–Kier alpha value is -3.18. The fraction of sp³-hybridized carbons (Fsp3) is 0.259. The molecule has 0 bridgehead atoms. The molecule has 0 aromatic heterocycles. The number of sulfonamides is 1. The van der Waals surface area contributed by atoms with Crippen molar-refractivity contribution in [3.8, 4) is 0 Å². The predicted molar refractivity (Wildman–Crippen MR) is 144 cm³/mol. The third kappa shape index (κ3) is 5.47. The molecule has 1 amide bonds. The second-order valence-corrected chi connectivity index (χ2v) is 12.2. The molecule has 2 fully saturated rings. The van der Waals surface area contributed by atoms with Crippen LogP contribution in [0.3, 0.4) is 0 Å². The fourth-order valence-corrected chi connectivity index (χ4v) is 7.26. The van der Waals surface area contributed by atoms with Gasteiger partial charge in [-0.05, 0) is 47.5 Å². The molecular formula is C27H23Cl2FN2O6S. The molecular weight excluding hydrogens is 570 g/mol. The van der Waals surface area contributed by atoms with Gasteiger partial charge in [0.2, 0.25) is 10.0 Å². The van der Waals surface area contributed by atoms with Crippen molar-refractivity contribution in [2.75, 3.05) is 16.6 Å². The van der Waals surface area contributed by atoms with Gasteiger partial charge in [0.25, 0.3) is 5.91 Å². The summed E-state index contributed by atoms with van der Waals surface area (Å²) in [5, 5.41) is 10.4. The monoisotopic (exact) mass is 592 g/mol. The molecule has 2 saturated heterocycles. The van der Waals surface area contributed by atoms with E-state index < -0.39 is 64.2 Å². The molecule has 5 rings (SSSR count). The zero-order valence-electron chi connectivity index (χ0n) is 20.3. The predicted octanol–water partition coefficient (Wildman–Crippen LogP) is 4.84. The number of aliphatic carboxylic acids is 1. The lowest BCUT2D eigenvalue weighted by molar-refractivity contribution is -0.182. The van der Waals surface area contributed by atoms with E-state index in [4.69, 9.17) is 27.9 Å². The molecule has 2 aliphatic heterocycles. The number of carboxylic acids is 1. The van der Waals surface area contributed by atoms with Gasteiger partial charge < -0.3 is 14.7 Å². The number of carboxylic acid groups (broad SMARTS) is 1. The molecule has 0 radical (unpaired) electrons. The summed E-state index contributed by atoms with van der Waals surface area (Å²) in [5.74, 6) is -3.13. The zero-order chi connectivity index (χ0) is 27.9. The van der Waals surface area contributed by atoms with E-state index in [0.717, 1.165) is 10.4 Å². The quantitative estimate of drug-likeness (QED) is 0.439. The van der Waals surface area contributed by atoms with Crippen LogP contribution in [-0.4, -0.2) is 54.7 Å². The largest absolute Gasteiger partial charge is 0.481 e. The summed E-state index contributed by atoms with van der Waals surface area (Å²) in [6.07, 6.45) is -2.91. The number of ether oxygens (including phenoxy) is 1. The minimum atomic E-state index is -4.03. The van der Waals surface area contributed by atoms with E-state index in [1.807, 2.05) is 0 Å². The van der Waals surface area contributed by atoms with Crippen LogP contribution in [0, 0.1) is 5.82 Å². The number of rotatable bonds is 6. The Kier molecular flexibility index (Phi) is 7.56. The summed E-state index contributed by atoms with van der Waals surface area (Å²) >= 11 is 12.4. The zero-order valence-corrected chi connectivity index (χ0v) is 22.6. The maximum atomic E-state index is 14.6. The van der Waals surface area contributed by atoms with E-state index in [1.165, 1.54) is 23.1 Å². The Morgan fingerprint density at radius 1 is 1.00 bits per heavy atom. The molecule has 0 saturated carbocycles. The average Bonchev–Trinajstić information content (AvgIpc) is 3.19. The number of morpholine rings is 1. The Morgan fingerprint density at radius 3 is 2.38 bits per heavy atom. The molecule has 39 heavy (non-hydrogen) atoms. The van der Waals surface area contributed by atoms with E-state index in [9.17, 15) is 27.5 Å². The number of para-hydroxylation sites is 1. The van der Waals surface area contributed by atoms with Gasteiger partial charge in [-0.25, -0.2) is 12.8 Å². The third-order valence-corrected chi connectivity index (χ3v) is 9.12. The number of hydrogen-bond acceptors (Lipinski definition) is 5. The lowest BCUT2D eigenvalue weighted by Crippen LogP contribution is -2.56. The molecule has 0 aliphatic carbocycles. The highest BCUT2D eigenvalue weighted by Gasteiger charge is 2.51. The second kappa shape index (κ2) is 10.8. The van der Waals surface area contributed by atoms with E-state index in [-0.39, 0.29) is 12.2 Å². The number of benzene rings is 3. The van der Waals surface area contributed by atoms with Crippen molar-refractivity contribution in [2.24, 2.45) is 0 Å². The van der Waals surface area contributed by atoms with Crippen molar-refractivity contribution >= 4 is 50.8 Å². The van der Waals surface area contributed by atoms with Crippen LogP contribution in [0.15, 0.2) is 72.8 Å². The molecule has 4 atom stereocenters. The Labute approximate surface area is 234 Å². The van der Waals surface area contributed by atoms with Crippen LogP contribution in [0.1, 0.15) is 29.7 Å². The topological polar surface area (TPSA) is 104 Å². The molecule has 1 N–H and O–H groups in total. The lowest BCUT2D eigenvalue weighted by Gasteiger charge is -2.47. The van der Waals surface area contributed by atoms with Crippen LogP contribution < -0.4 is 4.31 Å². The molecule has 2 heterocycles. The van der Waals surface area contributed by atoms with Crippen LogP contribution in [-0.2, 0) is 24.3 Å². The molecule has 0 spiro atoms. The first kappa shape index (κ1) is 27.4. The number of halogens is 3. The van der Waals surface area contributed by atoms with Crippen LogP contribution in [0.2, 0.25) is 10.0 Å². The molecule has 12 heteroatoms. The van der Waals surface area contributed by atoms with Crippen LogP contribution in [0.5, 0.6) is 0 Å². The molecule has 204 valence electrons. The molecule has 2 aliphatic rings. The number of carbonyl (C=O) groups is 2. The highest BCUT2D eigenvalue weighted by Crippen LogP contribution is 2.45. The Balaban J connectivity index is 1.64. The minimum absolute atomic E-state index is 0.128. The minimum Gasteiger partial charge on any atom is -0.481 e. The van der Waals surface area contributed by atoms with Crippen molar-refractivity contribution in [2.45, 2.75) is 30.7 Å². The normalized spacial score (nSPS) is 24.6. The maximum Gasteiger partial charge on any atom is 0.306 e. The van der Waals surface area contributed by atoms with Crippen molar-refractivity contribution in [1.29, 1.82) is 0 Å². The number of carbonyl (C=O) groups excluding carboxylic acids is 1. The van der Waals surface area contributed by atoms with Crippen LogP contribution in [0.4, 0.5) is 10.1 Å².